The zero-order chi connectivity index (χ0) is 8.15. The van der Waals surface area contributed by atoms with Crippen LogP contribution in [0.5, 0.6) is 0 Å². The maximum Gasteiger partial charge on any atom is 0.0724 e. The van der Waals surface area contributed by atoms with Gasteiger partial charge in [0, 0.05) is 6.54 Å². The molecule has 0 amide bonds. The third-order valence-corrected chi connectivity index (χ3v) is 1.39. The number of halogens is 1. The Balaban J connectivity index is 3.46. The Labute approximate surface area is 61.5 Å². The quantitative estimate of drug-likeness (QED) is 0.452. The van der Waals surface area contributed by atoms with E-state index in [1.807, 2.05) is 14.1 Å². The van der Waals surface area contributed by atoms with Crippen LogP contribution in [0.15, 0.2) is 0 Å². The van der Waals surface area contributed by atoms with Crippen LogP contribution in [0.2, 0.25) is 0 Å². The average molecular weight is 149 g/mol. The minimum Gasteiger partial charge on any atom is -0.315 e. The van der Waals surface area contributed by atoms with Gasteiger partial charge in [-0.15, -0.1) is 9.60 Å². The molecular weight excluding hydrogens is 133 g/mol. The first kappa shape index (κ1) is 9.81. The molecule has 3 nitrogen and oxygen atoms in total. The zero-order valence-electron chi connectivity index (χ0n) is 6.84. The summed E-state index contributed by atoms with van der Waals surface area (Å²) in [6.45, 7) is 2.41. The Morgan fingerprint density at radius 3 is 2.30 bits per heavy atom. The van der Waals surface area contributed by atoms with Gasteiger partial charge in [0.2, 0.25) is 0 Å². The van der Waals surface area contributed by atoms with Crippen molar-refractivity contribution in [2.45, 2.75) is 13.1 Å². The smallest absolute Gasteiger partial charge is 0.0724 e. The van der Waals surface area contributed by atoms with Crippen molar-refractivity contribution in [2.75, 3.05) is 27.2 Å². The van der Waals surface area contributed by atoms with Gasteiger partial charge in [-0.1, -0.05) is 0 Å². The van der Waals surface area contributed by atoms with Crippen molar-refractivity contribution in [2.24, 2.45) is 5.73 Å². The molecule has 0 aromatic carbocycles. The van der Waals surface area contributed by atoms with Crippen LogP contribution < -0.4 is 5.73 Å². The standard InChI is InChI=1S/C6H16FN3/c1-4-10(7)5-6(8)9(2)3/h6H,4-5,8H2,1-3H3. The fourth-order valence-corrected chi connectivity index (χ4v) is 0.495. The summed E-state index contributed by atoms with van der Waals surface area (Å²) in [6.07, 6.45) is -0.218. The molecule has 0 spiro atoms. The maximum absolute atomic E-state index is 12.5. The first-order valence-corrected chi connectivity index (χ1v) is 3.40. The third-order valence-electron chi connectivity index (χ3n) is 1.39. The van der Waals surface area contributed by atoms with Gasteiger partial charge in [-0.2, -0.15) is 0 Å². The molecular formula is C6H16FN3. The largest absolute Gasteiger partial charge is 0.315 e. The highest BCUT2D eigenvalue weighted by Gasteiger charge is 2.08. The van der Waals surface area contributed by atoms with Crippen molar-refractivity contribution in [3.63, 3.8) is 0 Å². The van der Waals surface area contributed by atoms with Gasteiger partial charge < -0.3 is 5.73 Å². The molecule has 1 unspecified atom stereocenters. The molecule has 0 saturated heterocycles. The first-order valence-electron chi connectivity index (χ1n) is 3.40. The Morgan fingerprint density at radius 1 is 1.50 bits per heavy atom. The van der Waals surface area contributed by atoms with E-state index in [-0.39, 0.29) is 12.7 Å². The van der Waals surface area contributed by atoms with Gasteiger partial charge in [-0.25, -0.2) is 0 Å². The minimum absolute atomic E-state index is 0.218. The Kier molecular flexibility index (Phi) is 4.51. The summed E-state index contributed by atoms with van der Waals surface area (Å²) in [4.78, 5) is 1.78. The van der Waals surface area contributed by atoms with Crippen molar-refractivity contribution >= 4 is 0 Å². The van der Waals surface area contributed by atoms with Crippen LogP contribution in [-0.4, -0.2) is 43.4 Å². The van der Waals surface area contributed by atoms with E-state index in [1.165, 1.54) is 0 Å². The summed E-state index contributed by atoms with van der Waals surface area (Å²) in [5, 5.41) is 0.699. The summed E-state index contributed by atoms with van der Waals surface area (Å²) in [7, 11) is 3.66. The molecule has 0 heterocycles. The van der Waals surface area contributed by atoms with Crippen LogP contribution in [-0.2, 0) is 0 Å². The first-order chi connectivity index (χ1) is 4.57. The summed E-state index contributed by atoms with van der Waals surface area (Å²) >= 11 is 0. The van der Waals surface area contributed by atoms with E-state index in [2.05, 4.69) is 0 Å². The lowest BCUT2D eigenvalue weighted by molar-refractivity contribution is 0.00868. The van der Waals surface area contributed by atoms with Gasteiger partial charge >= 0.3 is 0 Å². The maximum atomic E-state index is 12.5. The molecule has 10 heavy (non-hydrogen) atoms. The van der Waals surface area contributed by atoms with Gasteiger partial charge in [-0.05, 0) is 21.0 Å². The molecule has 0 rings (SSSR count). The zero-order valence-corrected chi connectivity index (χ0v) is 6.84. The molecule has 0 saturated carbocycles. The summed E-state index contributed by atoms with van der Waals surface area (Å²) < 4.78 is 12.5. The van der Waals surface area contributed by atoms with Crippen molar-refractivity contribution in [1.29, 1.82) is 0 Å². The van der Waals surface area contributed by atoms with Gasteiger partial charge in [0.1, 0.15) is 0 Å². The van der Waals surface area contributed by atoms with Crippen LogP contribution in [0.1, 0.15) is 6.92 Å². The van der Waals surface area contributed by atoms with Crippen LogP contribution in [0, 0.1) is 0 Å². The highest BCUT2D eigenvalue weighted by atomic mass is 19.2. The van der Waals surface area contributed by atoms with E-state index in [0.29, 0.717) is 11.7 Å². The molecule has 0 bridgehead atoms. The summed E-state index contributed by atoms with van der Waals surface area (Å²) in [5.74, 6) is 0. The van der Waals surface area contributed by atoms with Gasteiger partial charge in [-0.3, -0.25) is 4.90 Å². The highest BCUT2D eigenvalue weighted by Crippen LogP contribution is 1.91. The molecule has 0 aliphatic rings. The molecule has 0 fully saturated rings. The van der Waals surface area contributed by atoms with Crippen molar-refractivity contribution < 1.29 is 4.48 Å². The van der Waals surface area contributed by atoms with E-state index in [4.69, 9.17) is 5.73 Å². The van der Waals surface area contributed by atoms with Crippen LogP contribution >= 0.6 is 0 Å². The topological polar surface area (TPSA) is 32.5 Å². The van der Waals surface area contributed by atoms with E-state index in [1.54, 1.807) is 11.8 Å². The number of nitrogens with two attached hydrogens (primary N) is 1. The Morgan fingerprint density at radius 2 is 2.00 bits per heavy atom. The number of rotatable bonds is 4. The molecule has 0 aliphatic carbocycles. The summed E-state index contributed by atoms with van der Waals surface area (Å²) in [6, 6.07) is 0. The third kappa shape index (κ3) is 3.76. The monoisotopic (exact) mass is 149 g/mol. The lowest BCUT2D eigenvalue weighted by Crippen LogP contribution is -2.43. The molecule has 4 heteroatoms. The Bertz CT molecular complexity index is 87.1. The average Bonchev–Trinajstić information content (AvgIpc) is 1.87. The van der Waals surface area contributed by atoms with Gasteiger partial charge in [0.15, 0.2) is 0 Å². The number of nitrogens with zero attached hydrogens (tertiary/aromatic N) is 2. The van der Waals surface area contributed by atoms with Crippen molar-refractivity contribution in [3.8, 4) is 0 Å². The minimum atomic E-state index is -0.218. The lowest BCUT2D eigenvalue weighted by atomic mass is 10.4. The fourth-order valence-electron chi connectivity index (χ4n) is 0.495. The van der Waals surface area contributed by atoms with Gasteiger partial charge in [0.05, 0.1) is 12.7 Å². The van der Waals surface area contributed by atoms with E-state index >= 15 is 0 Å². The predicted molar refractivity (Wildman–Crippen MR) is 40.0 cm³/mol. The van der Waals surface area contributed by atoms with Crippen molar-refractivity contribution in [1.82, 2.24) is 10.0 Å². The van der Waals surface area contributed by atoms with Crippen molar-refractivity contribution in [3.05, 3.63) is 0 Å². The van der Waals surface area contributed by atoms with E-state index in [9.17, 15) is 4.48 Å². The second-order valence-electron chi connectivity index (χ2n) is 2.49. The van der Waals surface area contributed by atoms with E-state index in [0.717, 1.165) is 0 Å². The number of hydrogen-bond acceptors (Lipinski definition) is 3. The molecule has 0 aromatic rings. The normalized spacial score (nSPS) is 14.7. The van der Waals surface area contributed by atoms with E-state index < -0.39 is 0 Å². The van der Waals surface area contributed by atoms with Crippen LogP contribution in [0.3, 0.4) is 0 Å². The predicted octanol–water partition coefficient (Wildman–Crippen LogP) is 0.0392. The Hall–Kier alpha value is -0.190. The molecule has 1 atom stereocenters. The molecule has 0 aliphatic heterocycles. The highest BCUT2D eigenvalue weighted by molar-refractivity contribution is 4.58. The molecule has 0 aromatic heterocycles. The van der Waals surface area contributed by atoms with Crippen LogP contribution in [0.4, 0.5) is 4.48 Å². The summed E-state index contributed by atoms with van der Waals surface area (Å²) in [5.41, 5.74) is 5.54. The SMILES string of the molecule is CCN(F)CC(N)N(C)C. The second kappa shape index (κ2) is 4.60. The van der Waals surface area contributed by atoms with Crippen LogP contribution in [0.25, 0.3) is 0 Å². The number of likely N-dealkylation sites (N-methyl/N-ethyl adjacent to an activating group) is 2. The number of hydrogen-bond donors (Lipinski definition) is 1. The second-order valence-corrected chi connectivity index (χ2v) is 2.49. The molecule has 0 radical (unpaired) electrons. The fraction of sp³-hybridized carbons (Fsp3) is 1.00. The lowest BCUT2D eigenvalue weighted by Gasteiger charge is -2.21. The van der Waals surface area contributed by atoms with Gasteiger partial charge in [0.25, 0.3) is 0 Å². The molecule has 62 valence electrons. The molecule has 2 N–H and O–H groups in total.